The van der Waals surface area contributed by atoms with Gasteiger partial charge in [0.15, 0.2) is 0 Å². The van der Waals surface area contributed by atoms with Crippen molar-refractivity contribution in [2.45, 2.75) is 94.9 Å². The zero-order chi connectivity index (χ0) is 22.7. The van der Waals surface area contributed by atoms with Gasteiger partial charge in [0, 0.05) is 0 Å². The fourth-order valence-corrected chi connectivity index (χ4v) is 2.73. The molecule has 0 heterocycles. The Kier molecular flexibility index (Phi) is 24.0. The van der Waals surface area contributed by atoms with Crippen LogP contribution in [0.25, 0.3) is 0 Å². The summed E-state index contributed by atoms with van der Waals surface area (Å²) in [5.74, 6) is 3.28. The minimum atomic E-state index is -0.208. The van der Waals surface area contributed by atoms with E-state index in [1.54, 1.807) is 12.1 Å². The lowest BCUT2D eigenvalue weighted by molar-refractivity contribution is -0.106. The average Bonchev–Trinajstić information content (AvgIpc) is 2.58. The number of halogens is 2. The maximum absolute atomic E-state index is 12.5. The first-order chi connectivity index (χ1) is 12.9. The van der Waals surface area contributed by atoms with Crippen molar-refractivity contribution in [3.63, 3.8) is 0 Å². The first-order valence-corrected chi connectivity index (χ1v) is 11.5. The van der Waals surface area contributed by atoms with Crippen molar-refractivity contribution in [3.8, 4) is 0 Å². The van der Waals surface area contributed by atoms with Crippen molar-refractivity contribution >= 4 is 22.2 Å². The van der Waals surface area contributed by atoms with Gasteiger partial charge in [-0.05, 0) is 71.1 Å². The molecule has 0 aromatic heterocycles. The second-order valence-corrected chi connectivity index (χ2v) is 9.32. The molecule has 1 nitrogen and oxygen atoms in total. The smallest absolute Gasteiger partial charge is 0.137 e. The van der Waals surface area contributed by atoms with Crippen molar-refractivity contribution in [1.82, 2.24) is 0 Å². The molecule has 2 atom stereocenters. The molecule has 0 bridgehead atoms. The van der Waals surface area contributed by atoms with E-state index in [4.69, 9.17) is 4.79 Å². The third-order valence-electron chi connectivity index (χ3n) is 4.29. The van der Waals surface area contributed by atoms with E-state index < -0.39 is 0 Å². The molecule has 0 saturated carbocycles. The Morgan fingerprint density at radius 3 is 1.82 bits per heavy atom. The zero-order valence-corrected chi connectivity index (χ0v) is 21.7. The van der Waals surface area contributed by atoms with E-state index in [0.29, 0.717) is 4.47 Å². The summed E-state index contributed by atoms with van der Waals surface area (Å²) in [6, 6.07) is 4.93. The molecule has 0 fully saturated rings. The van der Waals surface area contributed by atoms with Crippen LogP contribution in [0.15, 0.2) is 22.7 Å². The second-order valence-electron chi connectivity index (χ2n) is 8.46. The SMILES string of the molecule is CC(C)C.CC=O.CCCCCC(C)C(C)C(C)C.Cc1ccc(F)c(Br)c1. The third-order valence-corrected chi connectivity index (χ3v) is 4.89. The Morgan fingerprint density at radius 1 is 1.04 bits per heavy atom. The highest BCUT2D eigenvalue weighted by Crippen LogP contribution is 2.24. The molecular formula is C25H46BrFO. The molecule has 0 aliphatic rings. The van der Waals surface area contributed by atoms with Gasteiger partial charge in [-0.25, -0.2) is 4.39 Å². The normalized spacial score (nSPS) is 11.9. The van der Waals surface area contributed by atoms with Gasteiger partial charge in [0.2, 0.25) is 0 Å². The fourth-order valence-electron chi connectivity index (χ4n) is 2.24. The highest BCUT2D eigenvalue weighted by molar-refractivity contribution is 9.10. The van der Waals surface area contributed by atoms with Crippen LogP contribution in [-0.4, -0.2) is 6.29 Å². The Bertz CT molecular complexity index is 469. The number of aryl methyl sites for hydroxylation is 1. The highest BCUT2D eigenvalue weighted by Gasteiger charge is 2.14. The van der Waals surface area contributed by atoms with Crippen molar-refractivity contribution in [1.29, 1.82) is 0 Å². The summed E-state index contributed by atoms with van der Waals surface area (Å²) in [5, 5.41) is 0. The molecule has 0 spiro atoms. The maximum Gasteiger partial charge on any atom is 0.137 e. The topological polar surface area (TPSA) is 17.1 Å². The summed E-state index contributed by atoms with van der Waals surface area (Å²) >= 11 is 3.07. The van der Waals surface area contributed by atoms with Crippen LogP contribution in [0.4, 0.5) is 4.39 Å². The standard InChI is InChI=1S/C12H26.C7H6BrF.C4H10.C2H4O/c1-6-7-8-9-11(4)12(5)10(2)3;1-5-2-3-7(9)6(8)4-5;1-4(2)3;1-2-3/h10-12H,6-9H2,1-5H3;2-4H,1H3;4H,1-3H3;2H,1H3. The molecule has 1 aromatic rings. The van der Waals surface area contributed by atoms with Gasteiger partial charge >= 0.3 is 0 Å². The summed E-state index contributed by atoms with van der Waals surface area (Å²) in [5.41, 5.74) is 1.06. The van der Waals surface area contributed by atoms with Crippen molar-refractivity contribution in [2.75, 3.05) is 0 Å². The Hall–Kier alpha value is -0.700. The predicted molar refractivity (Wildman–Crippen MR) is 128 cm³/mol. The van der Waals surface area contributed by atoms with Gasteiger partial charge in [0.1, 0.15) is 12.1 Å². The maximum atomic E-state index is 12.5. The van der Waals surface area contributed by atoms with Gasteiger partial charge in [-0.1, -0.05) is 87.1 Å². The van der Waals surface area contributed by atoms with Crippen LogP contribution in [0.3, 0.4) is 0 Å². The molecule has 2 unspecified atom stereocenters. The summed E-state index contributed by atoms with van der Waals surface area (Å²) in [7, 11) is 0. The van der Waals surface area contributed by atoms with Gasteiger partial charge in [0.05, 0.1) is 4.47 Å². The van der Waals surface area contributed by atoms with E-state index in [1.807, 2.05) is 6.92 Å². The summed E-state index contributed by atoms with van der Waals surface area (Å²) in [6.45, 7) is 21.6. The minimum Gasteiger partial charge on any atom is -0.304 e. The van der Waals surface area contributed by atoms with Gasteiger partial charge in [-0.15, -0.1) is 0 Å². The lowest BCUT2D eigenvalue weighted by Gasteiger charge is -2.23. The van der Waals surface area contributed by atoms with E-state index in [1.165, 1.54) is 38.7 Å². The lowest BCUT2D eigenvalue weighted by atomic mass is 9.83. The summed E-state index contributed by atoms with van der Waals surface area (Å²) in [6.07, 6.45) is 6.36. The minimum absolute atomic E-state index is 0.208. The van der Waals surface area contributed by atoms with E-state index in [0.717, 1.165) is 35.5 Å². The third kappa shape index (κ3) is 23.3. The molecule has 3 heteroatoms. The highest BCUT2D eigenvalue weighted by atomic mass is 79.9. The Labute approximate surface area is 184 Å². The molecule has 0 N–H and O–H groups in total. The molecule has 0 amide bonds. The Morgan fingerprint density at radius 2 is 1.50 bits per heavy atom. The van der Waals surface area contributed by atoms with E-state index in [-0.39, 0.29) is 5.82 Å². The summed E-state index contributed by atoms with van der Waals surface area (Å²) < 4.78 is 13.0. The molecule has 0 aliphatic heterocycles. The second kappa shape index (κ2) is 21.0. The van der Waals surface area contributed by atoms with Crippen LogP contribution in [0.1, 0.15) is 93.6 Å². The first kappa shape index (κ1) is 32.0. The first-order valence-electron chi connectivity index (χ1n) is 10.8. The number of benzene rings is 1. The number of rotatable bonds is 6. The molecule has 1 rings (SSSR count). The molecule has 0 aliphatic carbocycles. The molecule has 1 aromatic carbocycles. The number of hydrogen-bond acceptors (Lipinski definition) is 1. The lowest BCUT2D eigenvalue weighted by Crippen LogP contribution is -2.13. The van der Waals surface area contributed by atoms with E-state index in [2.05, 4.69) is 71.3 Å². The number of carbonyl (C=O) groups excluding carboxylic acids is 1. The summed E-state index contributed by atoms with van der Waals surface area (Å²) in [4.78, 5) is 8.81. The molecule has 0 radical (unpaired) electrons. The molecular weight excluding hydrogens is 415 g/mol. The van der Waals surface area contributed by atoms with Crippen molar-refractivity contribution < 1.29 is 9.18 Å². The van der Waals surface area contributed by atoms with E-state index in [9.17, 15) is 4.39 Å². The monoisotopic (exact) mass is 460 g/mol. The number of unbranched alkanes of at least 4 members (excludes halogenated alkanes) is 2. The van der Waals surface area contributed by atoms with Gasteiger partial charge in [-0.3, -0.25) is 0 Å². The van der Waals surface area contributed by atoms with Crippen LogP contribution < -0.4 is 0 Å². The fraction of sp³-hybridized carbons (Fsp3) is 0.720. The van der Waals surface area contributed by atoms with E-state index >= 15 is 0 Å². The quantitative estimate of drug-likeness (QED) is 0.305. The van der Waals surface area contributed by atoms with Crippen LogP contribution in [0, 0.1) is 36.4 Å². The number of carbonyl (C=O) groups is 1. The molecule has 28 heavy (non-hydrogen) atoms. The van der Waals surface area contributed by atoms with Crippen molar-refractivity contribution in [3.05, 3.63) is 34.1 Å². The number of hydrogen-bond donors (Lipinski definition) is 0. The predicted octanol–water partition coefficient (Wildman–Crippen LogP) is 9.26. The van der Waals surface area contributed by atoms with Gasteiger partial charge in [0.25, 0.3) is 0 Å². The van der Waals surface area contributed by atoms with Crippen LogP contribution in [-0.2, 0) is 4.79 Å². The van der Waals surface area contributed by atoms with Gasteiger partial charge < -0.3 is 4.79 Å². The average molecular weight is 462 g/mol. The van der Waals surface area contributed by atoms with Crippen LogP contribution in [0.2, 0.25) is 0 Å². The Balaban J connectivity index is -0.000000342. The zero-order valence-electron chi connectivity index (χ0n) is 20.1. The van der Waals surface area contributed by atoms with Gasteiger partial charge in [-0.2, -0.15) is 0 Å². The number of aldehydes is 1. The molecule has 166 valence electrons. The van der Waals surface area contributed by atoms with Crippen molar-refractivity contribution in [2.24, 2.45) is 23.7 Å². The molecule has 0 saturated heterocycles. The largest absolute Gasteiger partial charge is 0.304 e. The van der Waals surface area contributed by atoms with Crippen LogP contribution in [0.5, 0.6) is 0 Å². The van der Waals surface area contributed by atoms with Crippen LogP contribution >= 0.6 is 15.9 Å².